The molecule has 1 rings (SSSR count). The first-order chi connectivity index (χ1) is 12.8. The van der Waals surface area contributed by atoms with Crippen LogP contribution in [0.5, 0.6) is 0 Å². The summed E-state index contributed by atoms with van der Waals surface area (Å²) in [5, 5.41) is 29.2. The van der Waals surface area contributed by atoms with E-state index in [1.165, 1.54) is 0 Å². The van der Waals surface area contributed by atoms with Crippen molar-refractivity contribution in [1.29, 1.82) is 0 Å². The van der Waals surface area contributed by atoms with E-state index >= 15 is 0 Å². The van der Waals surface area contributed by atoms with Crippen molar-refractivity contribution in [3.05, 3.63) is 24.3 Å². The fraction of sp³-hybridized carbons (Fsp3) is 0.727. The highest BCUT2D eigenvalue weighted by atomic mass is 16.4. The maximum Gasteiger partial charge on any atom is 0.303 e. The van der Waals surface area contributed by atoms with Gasteiger partial charge in [-0.05, 0) is 31.1 Å². The number of carboxylic acid groups (broad SMARTS) is 1. The Labute approximate surface area is 163 Å². The van der Waals surface area contributed by atoms with Crippen molar-refractivity contribution in [3.63, 3.8) is 0 Å². The molecule has 0 aliphatic heterocycles. The lowest BCUT2D eigenvalue weighted by atomic mass is 9.88. The van der Waals surface area contributed by atoms with E-state index in [0.717, 1.165) is 19.3 Å². The molecule has 0 amide bonds. The van der Waals surface area contributed by atoms with E-state index in [4.69, 9.17) is 5.11 Å². The summed E-state index contributed by atoms with van der Waals surface area (Å²) in [6.45, 7) is 6.09. The van der Waals surface area contributed by atoms with E-state index in [0.29, 0.717) is 12.8 Å². The molecule has 1 aliphatic carbocycles. The Morgan fingerprint density at radius 2 is 1.96 bits per heavy atom. The van der Waals surface area contributed by atoms with Gasteiger partial charge in [0.1, 0.15) is 5.78 Å². The van der Waals surface area contributed by atoms with Gasteiger partial charge in [-0.15, -0.1) is 0 Å². The van der Waals surface area contributed by atoms with Crippen LogP contribution in [0, 0.1) is 23.7 Å². The number of ketones is 1. The van der Waals surface area contributed by atoms with Crippen LogP contribution in [0.3, 0.4) is 0 Å². The van der Waals surface area contributed by atoms with Crippen molar-refractivity contribution in [1.82, 2.24) is 0 Å². The monoisotopic (exact) mass is 380 g/mol. The average Bonchev–Trinajstić information content (AvgIpc) is 2.88. The number of carboxylic acids is 1. The van der Waals surface area contributed by atoms with Crippen molar-refractivity contribution in [2.75, 3.05) is 0 Å². The number of allylic oxidation sites excluding steroid dienone is 2. The molecule has 0 aromatic rings. The summed E-state index contributed by atoms with van der Waals surface area (Å²) in [4.78, 5) is 22.9. The fourth-order valence-corrected chi connectivity index (χ4v) is 3.56. The predicted octanol–water partition coefficient (Wildman–Crippen LogP) is 3.74. The normalized spacial score (nSPS) is 26.7. The third-order valence-electron chi connectivity index (χ3n) is 5.53. The van der Waals surface area contributed by atoms with E-state index in [-0.39, 0.29) is 42.3 Å². The van der Waals surface area contributed by atoms with Crippen LogP contribution in [0.4, 0.5) is 0 Å². The van der Waals surface area contributed by atoms with Crippen LogP contribution in [-0.4, -0.2) is 39.3 Å². The summed E-state index contributed by atoms with van der Waals surface area (Å²) in [6.07, 6.45) is 10.7. The molecule has 154 valence electrons. The van der Waals surface area contributed by atoms with Crippen molar-refractivity contribution in [2.45, 2.75) is 77.9 Å². The second-order valence-electron chi connectivity index (χ2n) is 7.99. The third kappa shape index (κ3) is 8.39. The van der Waals surface area contributed by atoms with Gasteiger partial charge >= 0.3 is 5.97 Å². The molecule has 1 saturated carbocycles. The lowest BCUT2D eigenvalue weighted by molar-refractivity contribution is -0.137. The maximum absolute atomic E-state index is 12.2. The maximum atomic E-state index is 12.2. The summed E-state index contributed by atoms with van der Waals surface area (Å²) in [5.41, 5.74) is 0. The molecule has 0 spiro atoms. The van der Waals surface area contributed by atoms with Crippen LogP contribution in [0.1, 0.15) is 65.7 Å². The SMILES string of the molecule is CCCC[C@@H](C)[C@H](O)/C=C/[C@H]1[C@H](O)CC(=O)[C@@H]1C/C=C\C(C)CCC(=O)O. The topological polar surface area (TPSA) is 94.8 Å². The van der Waals surface area contributed by atoms with Gasteiger partial charge in [0, 0.05) is 24.7 Å². The first-order valence-electron chi connectivity index (χ1n) is 10.2. The molecular weight excluding hydrogens is 344 g/mol. The molecule has 5 nitrogen and oxygen atoms in total. The first-order valence-corrected chi connectivity index (χ1v) is 10.2. The Morgan fingerprint density at radius 1 is 1.26 bits per heavy atom. The Kier molecular flexibility index (Phi) is 10.6. The van der Waals surface area contributed by atoms with Gasteiger partial charge in [-0.2, -0.15) is 0 Å². The van der Waals surface area contributed by atoms with Crippen molar-refractivity contribution in [2.24, 2.45) is 23.7 Å². The standard InChI is InChI=1S/C22H36O5/c1-4-5-8-16(3)19(23)12-11-18-17(20(24)14-21(18)25)9-6-7-15(2)10-13-22(26)27/h6-7,11-12,15-19,21,23,25H,4-5,8-10,13-14H2,1-3H3,(H,26,27)/b7-6-,12-11+/t15?,16-,17-,18-,19-,21-/m1/s1. The Hall–Kier alpha value is -1.46. The number of aliphatic hydroxyl groups is 2. The van der Waals surface area contributed by atoms with Gasteiger partial charge in [0.05, 0.1) is 12.2 Å². The highest BCUT2D eigenvalue weighted by Gasteiger charge is 2.39. The number of unbranched alkanes of at least 4 members (excludes halogenated alkanes) is 1. The van der Waals surface area contributed by atoms with Gasteiger partial charge in [-0.25, -0.2) is 0 Å². The summed E-state index contributed by atoms with van der Waals surface area (Å²) in [6, 6.07) is 0. The van der Waals surface area contributed by atoms with E-state index in [9.17, 15) is 19.8 Å². The molecular formula is C22H36O5. The van der Waals surface area contributed by atoms with E-state index in [2.05, 4.69) is 6.92 Å². The minimum absolute atomic E-state index is 0.0495. The number of carbonyl (C=O) groups is 2. The summed E-state index contributed by atoms with van der Waals surface area (Å²) >= 11 is 0. The predicted molar refractivity (Wildman–Crippen MR) is 106 cm³/mol. The van der Waals surface area contributed by atoms with Crippen LogP contribution >= 0.6 is 0 Å². The van der Waals surface area contributed by atoms with Crippen LogP contribution in [0.25, 0.3) is 0 Å². The Bertz CT molecular complexity index is 525. The molecule has 27 heavy (non-hydrogen) atoms. The minimum atomic E-state index is -0.804. The van der Waals surface area contributed by atoms with Gasteiger partial charge in [-0.1, -0.05) is 57.9 Å². The molecule has 3 N–H and O–H groups in total. The number of hydrogen-bond acceptors (Lipinski definition) is 4. The highest BCUT2D eigenvalue weighted by Crippen LogP contribution is 2.33. The van der Waals surface area contributed by atoms with Crippen LogP contribution in [-0.2, 0) is 9.59 Å². The molecule has 6 atom stereocenters. The number of carbonyl (C=O) groups excluding carboxylic acids is 1. The van der Waals surface area contributed by atoms with Crippen molar-refractivity contribution >= 4 is 11.8 Å². The van der Waals surface area contributed by atoms with Crippen molar-refractivity contribution < 1.29 is 24.9 Å². The number of aliphatic hydroxyl groups excluding tert-OH is 2. The quantitative estimate of drug-likeness (QED) is 0.448. The van der Waals surface area contributed by atoms with Gasteiger partial charge in [0.15, 0.2) is 0 Å². The molecule has 5 heteroatoms. The van der Waals surface area contributed by atoms with E-state index in [1.807, 2.05) is 32.1 Å². The average molecular weight is 381 g/mol. The summed E-state index contributed by atoms with van der Waals surface area (Å²) in [7, 11) is 0. The zero-order valence-corrected chi connectivity index (χ0v) is 16.9. The number of aliphatic carboxylic acids is 1. The molecule has 0 bridgehead atoms. The largest absolute Gasteiger partial charge is 0.481 e. The number of rotatable bonds is 12. The smallest absolute Gasteiger partial charge is 0.303 e. The zero-order valence-electron chi connectivity index (χ0n) is 16.9. The Morgan fingerprint density at radius 3 is 2.59 bits per heavy atom. The molecule has 1 unspecified atom stereocenters. The molecule has 0 aromatic heterocycles. The van der Waals surface area contributed by atoms with Crippen molar-refractivity contribution in [3.8, 4) is 0 Å². The molecule has 1 aliphatic rings. The fourth-order valence-electron chi connectivity index (χ4n) is 3.56. The summed E-state index contributed by atoms with van der Waals surface area (Å²) < 4.78 is 0. The van der Waals surface area contributed by atoms with Crippen LogP contribution in [0.2, 0.25) is 0 Å². The van der Waals surface area contributed by atoms with Gasteiger partial charge < -0.3 is 15.3 Å². The van der Waals surface area contributed by atoms with Crippen LogP contribution < -0.4 is 0 Å². The zero-order chi connectivity index (χ0) is 20.4. The van der Waals surface area contributed by atoms with Gasteiger partial charge in [0.2, 0.25) is 0 Å². The highest BCUT2D eigenvalue weighted by molar-refractivity contribution is 5.84. The van der Waals surface area contributed by atoms with E-state index in [1.54, 1.807) is 6.08 Å². The number of hydrogen-bond donors (Lipinski definition) is 3. The van der Waals surface area contributed by atoms with Gasteiger partial charge in [-0.3, -0.25) is 9.59 Å². The minimum Gasteiger partial charge on any atom is -0.481 e. The van der Waals surface area contributed by atoms with E-state index < -0.39 is 18.2 Å². The van der Waals surface area contributed by atoms with Crippen LogP contribution in [0.15, 0.2) is 24.3 Å². The lowest BCUT2D eigenvalue weighted by Crippen LogP contribution is -2.20. The molecule has 0 saturated heterocycles. The second kappa shape index (κ2) is 12.1. The Balaban J connectivity index is 2.62. The third-order valence-corrected chi connectivity index (χ3v) is 5.53. The summed E-state index contributed by atoms with van der Waals surface area (Å²) in [5.74, 6) is -1.02. The molecule has 0 radical (unpaired) electrons. The molecule has 1 fully saturated rings. The number of Topliss-reactive ketones (excluding diaryl/α,β-unsaturated/α-hetero) is 1. The molecule has 0 aromatic carbocycles. The first kappa shape index (κ1) is 23.6. The lowest BCUT2D eigenvalue weighted by Gasteiger charge is -2.19. The second-order valence-corrected chi connectivity index (χ2v) is 7.99. The van der Waals surface area contributed by atoms with Gasteiger partial charge in [0.25, 0.3) is 0 Å². The molecule has 0 heterocycles.